The predicted octanol–water partition coefficient (Wildman–Crippen LogP) is 1.39. The van der Waals surface area contributed by atoms with Crippen LogP contribution in [0.15, 0.2) is 0 Å². The molecule has 2 N–H and O–H groups in total. The van der Waals surface area contributed by atoms with Crippen LogP contribution in [0.25, 0.3) is 0 Å². The number of ether oxygens (including phenoxy) is 1. The molecule has 0 radical (unpaired) electrons. The molecule has 0 saturated heterocycles. The zero-order chi connectivity index (χ0) is 12.7. The quantitative estimate of drug-likeness (QED) is 0.716. The second kappa shape index (κ2) is 7.67. The van der Waals surface area contributed by atoms with Gasteiger partial charge in [0, 0.05) is 31.7 Å². The molecule has 1 amide bonds. The molecule has 0 bridgehead atoms. The molecule has 1 aliphatic rings. The van der Waals surface area contributed by atoms with E-state index in [2.05, 4.69) is 0 Å². The van der Waals surface area contributed by atoms with Gasteiger partial charge in [-0.15, -0.1) is 0 Å². The SMILES string of the molecule is CCOCCN(CC)C(=O)C1CCCC(N)C1. The van der Waals surface area contributed by atoms with Gasteiger partial charge in [-0.2, -0.15) is 0 Å². The summed E-state index contributed by atoms with van der Waals surface area (Å²) >= 11 is 0. The maximum absolute atomic E-state index is 12.3. The number of amides is 1. The summed E-state index contributed by atoms with van der Waals surface area (Å²) in [4.78, 5) is 14.2. The largest absolute Gasteiger partial charge is 0.380 e. The lowest BCUT2D eigenvalue weighted by molar-refractivity contribution is -0.137. The van der Waals surface area contributed by atoms with Gasteiger partial charge >= 0.3 is 0 Å². The first-order chi connectivity index (χ1) is 8.19. The van der Waals surface area contributed by atoms with E-state index in [0.717, 1.165) is 32.2 Å². The van der Waals surface area contributed by atoms with Crippen molar-refractivity contribution in [1.82, 2.24) is 4.90 Å². The van der Waals surface area contributed by atoms with Crippen LogP contribution in [-0.2, 0) is 9.53 Å². The first-order valence-electron chi connectivity index (χ1n) is 6.81. The van der Waals surface area contributed by atoms with E-state index >= 15 is 0 Å². The second-order valence-corrected chi connectivity index (χ2v) is 4.74. The number of hydrogen-bond donors (Lipinski definition) is 1. The van der Waals surface area contributed by atoms with Crippen LogP contribution in [0, 0.1) is 5.92 Å². The van der Waals surface area contributed by atoms with Crippen LogP contribution in [0.5, 0.6) is 0 Å². The molecule has 17 heavy (non-hydrogen) atoms. The topological polar surface area (TPSA) is 55.6 Å². The van der Waals surface area contributed by atoms with Crippen LogP contribution in [0.4, 0.5) is 0 Å². The molecule has 100 valence electrons. The molecular weight excluding hydrogens is 216 g/mol. The molecule has 4 heteroatoms. The van der Waals surface area contributed by atoms with Crippen LogP contribution in [0.2, 0.25) is 0 Å². The normalized spacial score (nSPS) is 24.6. The van der Waals surface area contributed by atoms with E-state index in [0.29, 0.717) is 19.8 Å². The van der Waals surface area contributed by atoms with Crippen LogP contribution in [-0.4, -0.2) is 43.2 Å². The highest BCUT2D eigenvalue weighted by molar-refractivity contribution is 5.79. The Hall–Kier alpha value is -0.610. The lowest BCUT2D eigenvalue weighted by atomic mass is 9.85. The van der Waals surface area contributed by atoms with Gasteiger partial charge in [-0.3, -0.25) is 4.79 Å². The predicted molar refractivity (Wildman–Crippen MR) is 68.7 cm³/mol. The van der Waals surface area contributed by atoms with E-state index in [4.69, 9.17) is 10.5 Å². The third-order valence-electron chi connectivity index (χ3n) is 3.47. The molecule has 1 rings (SSSR count). The van der Waals surface area contributed by atoms with Gasteiger partial charge in [0.25, 0.3) is 0 Å². The maximum atomic E-state index is 12.3. The Morgan fingerprint density at radius 3 is 2.76 bits per heavy atom. The number of rotatable bonds is 6. The highest BCUT2D eigenvalue weighted by Crippen LogP contribution is 2.24. The lowest BCUT2D eigenvalue weighted by Gasteiger charge is -2.30. The van der Waals surface area contributed by atoms with Gasteiger partial charge in [-0.05, 0) is 33.1 Å². The summed E-state index contributed by atoms with van der Waals surface area (Å²) < 4.78 is 5.31. The molecule has 4 nitrogen and oxygen atoms in total. The molecule has 1 saturated carbocycles. The van der Waals surface area contributed by atoms with Crippen molar-refractivity contribution in [3.8, 4) is 0 Å². The number of likely N-dealkylation sites (N-methyl/N-ethyl adjacent to an activating group) is 1. The smallest absolute Gasteiger partial charge is 0.225 e. The van der Waals surface area contributed by atoms with Crippen LogP contribution in [0.1, 0.15) is 39.5 Å². The summed E-state index contributed by atoms with van der Waals surface area (Å²) in [5.74, 6) is 0.405. The second-order valence-electron chi connectivity index (χ2n) is 4.74. The fourth-order valence-electron chi connectivity index (χ4n) is 2.45. The van der Waals surface area contributed by atoms with Gasteiger partial charge in [-0.25, -0.2) is 0 Å². The van der Waals surface area contributed by atoms with Crippen molar-refractivity contribution in [3.63, 3.8) is 0 Å². The van der Waals surface area contributed by atoms with E-state index in [9.17, 15) is 4.79 Å². The molecule has 1 fully saturated rings. The lowest BCUT2D eigenvalue weighted by Crippen LogP contribution is -2.42. The minimum Gasteiger partial charge on any atom is -0.380 e. The third kappa shape index (κ3) is 4.64. The van der Waals surface area contributed by atoms with Crippen LogP contribution in [0.3, 0.4) is 0 Å². The number of nitrogens with two attached hydrogens (primary N) is 1. The number of nitrogens with zero attached hydrogens (tertiary/aromatic N) is 1. The summed E-state index contributed by atoms with van der Waals surface area (Å²) in [5.41, 5.74) is 5.93. The number of carbonyl (C=O) groups is 1. The Morgan fingerprint density at radius 1 is 1.41 bits per heavy atom. The molecule has 0 aromatic heterocycles. The van der Waals surface area contributed by atoms with E-state index < -0.39 is 0 Å². The van der Waals surface area contributed by atoms with E-state index in [-0.39, 0.29) is 17.9 Å². The molecular formula is C13H26N2O2. The van der Waals surface area contributed by atoms with Gasteiger partial charge in [0.1, 0.15) is 0 Å². The molecule has 0 heterocycles. The van der Waals surface area contributed by atoms with Crippen molar-refractivity contribution < 1.29 is 9.53 Å². The van der Waals surface area contributed by atoms with Gasteiger partial charge in [0.05, 0.1) is 6.61 Å². The third-order valence-corrected chi connectivity index (χ3v) is 3.47. The van der Waals surface area contributed by atoms with Crippen LogP contribution >= 0.6 is 0 Å². The Kier molecular flexibility index (Phi) is 6.52. The monoisotopic (exact) mass is 242 g/mol. The average Bonchev–Trinajstić information content (AvgIpc) is 2.34. The van der Waals surface area contributed by atoms with Crippen molar-refractivity contribution in [3.05, 3.63) is 0 Å². The van der Waals surface area contributed by atoms with E-state index in [1.165, 1.54) is 0 Å². The highest BCUT2D eigenvalue weighted by atomic mass is 16.5. The fourth-order valence-corrected chi connectivity index (χ4v) is 2.45. The standard InChI is InChI=1S/C13H26N2O2/c1-3-15(8-9-17-4-2)13(16)11-6-5-7-12(14)10-11/h11-12H,3-10,14H2,1-2H3. The Bertz CT molecular complexity index is 233. The Balaban J connectivity index is 2.41. The minimum absolute atomic E-state index is 0.139. The van der Waals surface area contributed by atoms with E-state index in [1.54, 1.807) is 0 Å². The van der Waals surface area contributed by atoms with E-state index in [1.807, 2.05) is 18.7 Å². The maximum Gasteiger partial charge on any atom is 0.225 e. The molecule has 0 aromatic rings. The van der Waals surface area contributed by atoms with Gasteiger partial charge in [-0.1, -0.05) is 6.42 Å². The van der Waals surface area contributed by atoms with Crippen molar-refractivity contribution in [2.45, 2.75) is 45.6 Å². The molecule has 0 aromatic carbocycles. The summed E-state index contributed by atoms with van der Waals surface area (Å²) in [6.45, 7) is 6.80. The minimum atomic E-state index is 0.139. The zero-order valence-corrected chi connectivity index (χ0v) is 11.2. The fraction of sp³-hybridized carbons (Fsp3) is 0.923. The van der Waals surface area contributed by atoms with Crippen molar-refractivity contribution in [2.24, 2.45) is 11.7 Å². The van der Waals surface area contributed by atoms with Crippen molar-refractivity contribution >= 4 is 5.91 Å². The number of hydrogen-bond acceptors (Lipinski definition) is 3. The average molecular weight is 242 g/mol. The Morgan fingerprint density at radius 2 is 2.18 bits per heavy atom. The number of carbonyl (C=O) groups excluding carboxylic acids is 1. The molecule has 2 atom stereocenters. The summed E-state index contributed by atoms with van der Waals surface area (Å²) in [6.07, 6.45) is 4.00. The first kappa shape index (κ1) is 14.5. The summed E-state index contributed by atoms with van der Waals surface area (Å²) in [7, 11) is 0. The summed E-state index contributed by atoms with van der Waals surface area (Å²) in [5, 5.41) is 0. The summed E-state index contributed by atoms with van der Waals surface area (Å²) in [6, 6.07) is 0.211. The molecule has 1 aliphatic carbocycles. The van der Waals surface area contributed by atoms with Gasteiger partial charge in [0.2, 0.25) is 5.91 Å². The Labute approximate surface area is 104 Å². The van der Waals surface area contributed by atoms with Gasteiger partial charge in [0.15, 0.2) is 0 Å². The molecule has 2 unspecified atom stereocenters. The first-order valence-corrected chi connectivity index (χ1v) is 6.81. The van der Waals surface area contributed by atoms with Gasteiger partial charge < -0.3 is 15.4 Å². The zero-order valence-electron chi connectivity index (χ0n) is 11.2. The molecule has 0 aliphatic heterocycles. The van der Waals surface area contributed by atoms with Crippen molar-refractivity contribution in [2.75, 3.05) is 26.3 Å². The molecule has 0 spiro atoms. The van der Waals surface area contributed by atoms with Crippen molar-refractivity contribution in [1.29, 1.82) is 0 Å². The highest BCUT2D eigenvalue weighted by Gasteiger charge is 2.28. The van der Waals surface area contributed by atoms with Crippen LogP contribution < -0.4 is 5.73 Å².